The van der Waals surface area contributed by atoms with Crippen LogP contribution >= 0.6 is 0 Å². The Kier molecular flexibility index (Phi) is 6.52. The van der Waals surface area contributed by atoms with Gasteiger partial charge in [0.25, 0.3) is 0 Å². The van der Waals surface area contributed by atoms with Gasteiger partial charge in [0.1, 0.15) is 0 Å². The topological polar surface area (TPSA) is 66.5 Å². The third-order valence-electron chi connectivity index (χ3n) is 3.68. The second kappa shape index (κ2) is 8.61. The number of hydrogen-bond acceptors (Lipinski definition) is 3. The van der Waals surface area contributed by atoms with Gasteiger partial charge < -0.3 is 4.90 Å². The number of anilines is 1. The molecule has 0 bridgehead atoms. The van der Waals surface area contributed by atoms with E-state index in [0.29, 0.717) is 12.8 Å². The van der Waals surface area contributed by atoms with Gasteiger partial charge in [-0.1, -0.05) is 48.5 Å². The van der Waals surface area contributed by atoms with Gasteiger partial charge in [0.2, 0.25) is 15.9 Å². The van der Waals surface area contributed by atoms with E-state index in [0.717, 1.165) is 11.3 Å². The molecule has 0 aromatic heterocycles. The molecule has 0 aliphatic heterocycles. The number of hydrogen-bond donors (Lipinski definition) is 1. The van der Waals surface area contributed by atoms with Crippen LogP contribution in [0.5, 0.6) is 0 Å². The molecular formula is C18H22N2O3S. The molecule has 1 N–H and O–H groups in total. The van der Waals surface area contributed by atoms with E-state index >= 15 is 0 Å². The maximum atomic E-state index is 12.1. The molecule has 0 spiro atoms. The third kappa shape index (κ3) is 5.79. The first-order chi connectivity index (χ1) is 11.5. The lowest BCUT2D eigenvalue weighted by atomic mass is 10.1. The van der Waals surface area contributed by atoms with Gasteiger partial charge in [-0.25, -0.2) is 13.1 Å². The van der Waals surface area contributed by atoms with Crippen molar-refractivity contribution in [2.75, 3.05) is 24.2 Å². The number of para-hydroxylation sites is 1. The summed E-state index contributed by atoms with van der Waals surface area (Å²) in [5.41, 5.74) is 1.83. The first-order valence-electron chi connectivity index (χ1n) is 7.81. The zero-order chi connectivity index (χ0) is 17.4. The minimum absolute atomic E-state index is 0.00419. The number of rotatable bonds is 8. The van der Waals surface area contributed by atoms with E-state index < -0.39 is 10.0 Å². The van der Waals surface area contributed by atoms with Crippen molar-refractivity contribution in [2.45, 2.75) is 12.8 Å². The van der Waals surface area contributed by atoms with Crippen molar-refractivity contribution in [1.29, 1.82) is 0 Å². The highest BCUT2D eigenvalue weighted by Crippen LogP contribution is 2.10. The van der Waals surface area contributed by atoms with Gasteiger partial charge in [0.05, 0.1) is 12.3 Å². The Balaban J connectivity index is 1.78. The van der Waals surface area contributed by atoms with Gasteiger partial charge in [0.15, 0.2) is 0 Å². The smallest absolute Gasteiger partial charge is 0.241 e. The molecule has 5 nitrogen and oxygen atoms in total. The van der Waals surface area contributed by atoms with E-state index in [9.17, 15) is 13.2 Å². The molecule has 6 heteroatoms. The predicted octanol–water partition coefficient (Wildman–Crippen LogP) is 2.20. The number of benzene rings is 2. The highest BCUT2D eigenvalue weighted by molar-refractivity contribution is 7.89. The normalized spacial score (nSPS) is 11.2. The fourth-order valence-corrected chi connectivity index (χ4v) is 3.28. The Bertz CT molecular complexity index is 746. The van der Waals surface area contributed by atoms with Crippen molar-refractivity contribution in [1.82, 2.24) is 4.72 Å². The summed E-state index contributed by atoms with van der Waals surface area (Å²) in [5.74, 6) is -0.294. The lowest BCUT2D eigenvalue weighted by Crippen LogP contribution is -2.39. The van der Waals surface area contributed by atoms with Crippen LogP contribution in [-0.4, -0.2) is 33.7 Å². The lowest BCUT2D eigenvalue weighted by Gasteiger charge is -2.17. The van der Waals surface area contributed by atoms with Crippen LogP contribution in [0.1, 0.15) is 12.0 Å². The minimum Gasteiger partial charge on any atom is -0.314 e. The fourth-order valence-electron chi connectivity index (χ4n) is 2.27. The van der Waals surface area contributed by atoms with E-state index in [2.05, 4.69) is 4.72 Å². The first kappa shape index (κ1) is 18.2. The summed E-state index contributed by atoms with van der Waals surface area (Å²) in [7, 11) is -1.83. The van der Waals surface area contributed by atoms with Crippen LogP contribution in [0.3, 0.4) is 0 Å². The van der Waals surface area contributed by atoms with E-state index in [1.165, 1.54) is 4.90 Å². The van der Waals surface area contributed by atoms with Crippen LogP contribution in [0, 0.1) is 0 Å². The molecule has 0 aliphatic rings. The van der Waals surface area contributed by atoms with E-state index in [1.807, 2.05) is 48.5 Å². The van der Waals surface area contributed by atoms with Crippen molar-refractivity contribution < 1.29 is 13.2 Å². The quantitative estimate of drug-likeness (QED) is 0.797. The number of aryl methyl sites for hydroxylation is 1. The summed E-state index contributed by atoms with van der Waals surface area (Å²) in [6, 6.07) is 18.8. The van der Waals surface area contributed by atoms with E-state index in [-0.39, 0.29) is 18.2 Å². The fraction of sp³-hybridized carbons (Fsp3) is 0.278. The van der Waals surface area contributed by atoms with E-state index in [4.69, 9.17) is 0 Å². The Morgan fingerprint density at radius 3 is 2.21 bits per heavy atom. The van der Waals surface area contributed by atoms with Crippen LogP contribution < -0.4 is 9.62 Å². The van der Waals surface area contributed by atoms with Gasteiger partial charge >= 0.3 is 0 Å². The second-order valence-corrected chi connectivity index (χ2v) is 7.44. The molecule has 2 rings (SSSR count). The van der Waals surface area contributed by atoms with Gasteiger partial charge in [0, 0.05) is 12.7 Å². The molecule has 0 atom stereocenters. The summed E-state index contributed by atoms with van der Waals surface area (Å²) in [6.45, 7) is -0.237. The highest BCUT2D eigenvalue weighted by Gasteiger charge is 2.15. The largest absolute Gasteiger partial charge is 0.314 e. The summed E-state index contributed by atoms with van der Waals surface area (Å²) in [5, 5.41) is 0. The van der Waals surface area contributed by atoms with Gasteiger partial charge in [-0.2, -0.15) is 0 Å². The molecule has 0 heterocycles. The number of carbonyl (C=O) groups is 1. The van der Waals surface area contributed by atoms with Crippen LogP contribution in [0.25, 0.3) is 0 Å². The van der Waals surface area contributed by atoms with Crippen molar-refractivity contribution in [2.24, 2.45) is 0 Å². The van der Waals surface area contributed by atoms with Crippen LogP contribution in [0.4, 0.5) is 5.69 Å². The maximum Gasteiger partial charge on any atom is 0.241 e. The SMILES string of the molecule is CN(C(=O)CNS(=O)(=O)CCCc1ccccc1)c1ccccc1. The van der Waals surface area contributed by atoms with Crippen LogP contribution in [-0.2, 0) is 21.2 Å². The Morgan fingerprint density at radius 1 is 1.00 bits per heavy atom. The van der Waals surface area contributed by atoms with Gasteiger partial charge in [-0.3, -0.25) is 4.79 Å². The summed E-state index contributed by atoms with van der Waals surface area (Å²) >= 11 is 0. The Hall–Kier alpha value is -2.18. The molecule has 128 valence electrons. The third-order valence-corrected chi connectivity index (χ3v) is 5.09. The van der Waals surface area contributed by atoms with Crippen molar-refractivity contribution >= 4 is 21.6 Å². The molecule has 0 fully saturated rings. The molecule has 0 unspecified atom stereocenters. The Morgan fingerprint density at radius 2 is 1.58 bits per heavy atom. The predicted molar refractivity (Wildman–Crippen MR) is 96.4 cm³/mol. The van der Waals surface area contributed by atoms with E-state index in [1.54, 1.807) is 19.2 Å². The number of nitrogens with one attached hydrogen (secondary N) is 1. The molecule has 0 saturated heterocycles. The first-order valence-corrected chi connectivity index (χ1v) is 9.46. The number of carbonyl (C=O) groups excluding carboxylic acids is 1. The monoisotopic (exact) mass is 346 g/mol. The molecule has 0 radical (unpaired) electrons. The maximum absolute atomic E-state index is 12.1. The Labute approximate surface area is 143 Å². The average Bonchev–Trinajstić information content (AvgIpc) is 2.60. The van der Waals surface area contributed by atoms with Gasteiger partial charge in [-0.05, 0) is 30.5 Å². The molecule has 0 saturated carbocycles. The molecule has 2 aromatic carbocycles. The second-order valence-electron chi connectivity index (χ2n) is 5.52. The number of amides is 1. The zero-order valence-electron chi connectivity index (χ0n) is 13.7. The standard InChI is InChI=1S/C18H22N2O3S/c1-20(17-12-6-3-7-13-17)18(21)15-19-24(22,23)14-8-11-16-9-4-2-5-10-16/h2-7,9-10,12-13,19H,8,11,14-15H2,1H3. The zero-order valence-corrected chi connectivity index (χ0v) is 14.5. The highest BCUT2D eigenvalue weighted by atomic mass is 32.2. The van der Waals surface area contributed by atoms with Crippen molar-refractivity contribution in [3.63, 3.8) is 0 Å². The molecule has 24 heavy (non-hydrogen) atoms. The minimum atomic E-state index is -3.46. The number of likely N-dealkylation sites (N-methyl/N-ethyl adjacent to an activating group) is 1. The number of sulfonamides is 1. The number of nitrogens with zero attached hydrogens (tertiary/aromatic N) is 1. The van der Waals surface area contributed by atoms with Gasteiger partial charge in [-0.15, -0.1) is 0 Å². The molecule has 0 aliphatic carbocycles. The van der Waals surface area contributed by atoms with Crippen LogP contribution in [0.15, 0.2) is 60.7 Å². The molecular weight excluding hydrogens is 324 g/mol. The van der Waals surface area contributed by atoms with Crippen molar-refractivity contribution in [3.05, 3.63) is 66.2 Å². The summed E-state index contributed by atoms with van der Waals surface area (Å²) in [6.07, 6.45) is 1.21. The van der Waals surface area contributed by atoms with Crippen molar-refractivity contribution in [3.8, 4) is 0 Å². The average molecular weight is 346 g/mol. The molecule has 1 amide bonds. The summed E-state index contributed by atoms with van der Waals surface area (Å²) < 4.78 is 26.4. The van der Waals surface area contributed by atoms with Crippen LogP contribution in [0.2, 0.25) is 0 Å². The molecule has 2 aromatic rings. The summed E-state index contributed by atoms with van der Waals surface area (Å²) in [4.78, 5) is 13.5. The lowest BCUT2D eigenvalue weighted by molar-refractivity contribution is -0.117.